The van der Waals surface area contributed by atoms with Crippen molar-refractivity contribution >= 4 is 29.0 Å². The van der Waals surface area contributed by atoms with Crippen molar-refractivity contribution in [1.29, 1.82) is 5.26 Å². The lowest BCUT2D eigenvalue weighted by molar-refractivity contribution is 1.28. The fraction of sp³-hybridized carbons (Fsp3) is 0. The van der Waals surface area contributed by atoms with Crippen molar-refractivity contribution in [3.63, 3.8) is 0 Å². The Kier molecular flexibility index (Phi) is 4.16. The van der Waals surface area contributed by atoms with Crippen LogP contribution in [-0.2, 0) is 0 Å². The summed E-state index contributed by atoms with van der Waals surface area (Å²) in [6, 6.07) is 12.6. The molecule has 0 amide bonds. The smallest absolute Gasteiger partial charge is 0.142 e. The van der Waals surface area contributed by atoms with Crippen molar-refractivity contribution in [1.82, 2.24) is 9.97 Å². The van der Waals surface area contributed by atoms with Crippen LogP contribution in [0, 0.1) is 11.3 Å². The lowest BCUT2D eigenvalue weighted by atomic mass is 9.98. The maximum Gasteiger partial charge on any atom is 0.142 e. The van der Waals surface area contributed by atoms with Crippen LogP contribution < -0.4 is 5.73 Å². The minimum Gasteiger partial charge on any atom is -0.383 e. The van der Waals surface area contributed by atoms with Gasteiger partial charge in [0, 0.05) is 39.1 Å². The van der Waals surface area contributed by atoms with Crippen molar-refractivity contribution in [2.45, 2.75) is 0 Å². The molecule has 0 bridgehead atoms. The predicted molar refractivity (Wildman–Crippen MR) is 92.1 cm³/mol. The van der Waals surface area contributed by atoms with Gasteiger partial charge in [-0.05, 0) is 30.3 Å². The van der Waals surface area contributed by atoms with Crippen LogP contribution in [0.3, 0.4) is 0 Å². The van der Waals surface area contributed by atoms with Gasteiger partial charge in [-0.15, -0.1) is 0 Å². The van der Waals surface area contributed by atoms with E-state index in [0.29, 0.717) is 26.9 Å². The van der Waals surface area contributed by atoms with Crippen molar-refractivity contribution < 1.29 is 0 Å². The Balaban J connectivity index is 2.32. The summed E-state index contributed by atoms with van der Waals surface area (Å²) < 4.78 is 0. The Labute approximate surface area is 143 Å². The summed E-state index contributed by atoms with van der Waals surface area (Å²) in [6.45, 7) is 0. The van der Waals surface area contributed by atoms with Gasteiger partial charge in [0.1, 0.15) is 17.5 Å². The normalized spacial score (nSPS) is 10.3. The van der Waals surface area contributed by atoms with Crippen molar-refractivity contribution in [2.24, 2.45) is 0 Å². The monoisotopic (exact) mass is 340 g/mol. The zero-order valence-electron chi connectivity index (χ0n) is 11.8. The topological polar surface area (TPSA) is 75.6 Å². The number of nitrogen functional groups attached to an aromatic ring is 1. The maximum atomic E-state index is 9.44. The molecule has 0 unspecified atom stereocenters. The number of nitrogens with two attached hydrogens (primary N) is 1. The summed E-state index contributed by atoms with van der Waals surface area (Å²) in [4.78, 5) is 8.28. The molecule has 0 spiro atoms. The third kappa shape index (κ3) is 2.85. The van der Waals surface area contributed by atoms with Gasteiger partial charge in [-0.1, -0.05) is 29.3 Å². The van der Waals surface area contributed by atoms with Crippen LogP contribution in [0.5, 0.6) is 0 Å². The molecule has 0 saturated heterocycles. The molecule has 112 valence electrons. The van der Waals surface area contributed by atoms with Crippen LogP contribution in [0.4, 0.5) is 5.82 Å². The molecule has 3 rings (SSSR count). The highest BCUT2D eigenvalue weighted by atomic mass is 35.5. The van der Waals surface area contributed by atoms with Gasteiger partial charge in [-0.25, -0.2) is 4.98 Å². The van der Waals surface area contributed by atoms with E-state index in [0.717, 1.165) is 5.56 Å². The number of rotatable bonds is 2. The molecule has 23 heavy (non-hydrogen) atoms. The molecule has 0 aliphatic carbocycles. The van der Waals surface area contributed by atoms with E-state index < -0.39 is 0 Å². The second-order valence-corrected chi connectivity index (χ2v) is 5.57. The van der Waals surface area contributed by atoms with Crippen molar-refractivity contribution in [2.75, 3.05) is 5.73 Å². The molecule has 0 radical (unpaired) electrons. The predicted octanol–water partition coefficient (Wildman–Crippen LogP) is 4.57. The number of nitrogens with zero attached hydrogens (tertiary/aromatic N) is 3. The van der Waals surface area contributed by atoms with Crippen LogP contribution in [-0.4, -0.2) is 9.97 Å². The molecular weight excluding hydrogens is 331 g/mol. The number of aromatic nitrogens is 2. The fourth-order valence-electron chi connectivity index (χ4n) is 2.31. The van der Waals surface area contributed by atoms with E-state index in [4.69, 9.17) is 28.9 Å². The molecule has 1 aromatic carbocycles. The van der Waals surface area contributed by atoms with E-state index in [9.17, 15) is 5.26 Å². The van der Waals surface area contributed by atoms with E-state index >= 15 is 0 Å². The molecule has 0 saturated carbocycles. The molecule has 2 N–H and O–H groups in total. The number of pyridine rings is 2. The summed E-state index contributed by atoms with van der Waals surface area (Å²) in [7, 11) is 0. The largest absolute Gasteiger partial charge is 0.383 e. The molecular formula is C17H10Cl2N4. The van der Waals surface area contributed by atoms with E-state index in [-0.39, 0.29) is 11.4 Å². The first-order chi connectivity index (χ1) is 11.1. The van der Waals surface area contributed by atoms with Crippen LogP contribution in [0.15, 0.2) is 48.8 Å². The zero-order valence-corrected chi connectivity index (χ0v) is 13.3. The Morgan fingerprint density at radius 3 is 2.30 bits per heavy atom. The Bertz CT molecular complexity index is 898. The van der Waals surface area contributed by atoms with E-state index in [1.54, 1.807) is 36.7 Å². The number of benzene rings is 1. The summed E-state index contributed by atoms with van der Waals surface area (Å²) >= 11 is 12.6. The van der Waals surface area contributed by atoms with E-state index in [1.807, 2.05) is 12.1 Å². The molecule has 0 fully saturated rings. The third-order valence-corrected chi connectivity index (χ3v) is 4.00. The van der Waals surface area contributed by atoms with Crippen LogP contribution in [0.25, 0.3) is 22.4 Å². The first-order valence-corrected chi connectivity index (χ1v) is 7.43. The highest BCUT2D eigenvalue weighted by molar-refractivity contribution is 6.39. The van der Waals surface area contributed by atoms with E-state index in [1.165, 1.54) is 0 Å². The SMILES string of the molecule is N#Cc1c(-c2c(Cl)cccc2Cl)cc(-c2ccncc2)nc1N. The summed E-state index contributed by atoms with van der Waals surface area (Å²) in [5, 5.41) is 10.3. The van der Waals surface area contributed by atoms with Crippen LogP contribution in [0.2, 0.25) is 10.0 Å². The maximum absolute atomic E-state index is 9.44. The summed E-state index contributed by atoms with van der Waals surface area (Å²) in [5.41, 5.74) is 8.80. The standard InChI is InChI=1S/C17H10Cl2N4/c18-13-2-1-3-14(19)16(13)11-8-15(10-4-6-22-7-5-10)23-17(21)12(11)9-20/h1-8H,(H2,21,23). The number of nitriles is 1. The van der Waals surface area contributed by atoms with Gasteiger partial charge in [0.05, 0.1) is 5.69 Å². The Morgan fingerprint density at radius 2 is 1.70 bits per heavy atom. The molecule has 3 aromatic rings. The van der Waals surface area contributed by atoms with Gasteiger partial charge >= 0.3 is 0 Å². The van der Waals surface area contributed by atoms with Gasteiger partial charge < -0.3 is 5.73 Å². The average Bonchev–Trinajstić information content (AvgIpc) is 2.55. The molecule has 0 aliphatic rings. The fourth-order valence-corrected chi connectivity index (χ4v) is 2.91. The lowest BCUT2D eigenvalue weighted by Gasteiger charge is -2.12. The minimum atomic E-state index is 0.132. The van der Waals surface area contributed by atoms with Crippen molar-refractivity contribution in [3.05, 3.63) is 64.4 Å². The molecule has 0 atom stereocenters. The van der Waals surface area contributed by atoms with Gasteiger partial charge in [0.15, 0.2) is 0 Å². The average molecular weight is 341 g/mol. The second kappa shape index (κ2) is 6.25. The highest BCUT2D eigenvalue weighted by Crippen LogP contribution is 2.39. The Hall–Kier alpha value is -2.61. The summed E-state index contributed by atoms with van der Waals surface area (Å²) in [5.74, 6) is 0.132. The summed E-state index contributed by atoms with van der Waals surface area (Å²) in [6.07, 6.45) is 3.32. The van der Waals surface area contributed by atoms with Gasteiger partial charge in [0.25, 0.3) is 0 Å². The van der Waals surface area contributed by atoms with Gasteiger partial charge in [-0.2, -0.15) is 5.26 Å². The minimum absolute atomic E-state index is 0.132. The molecule has 2 aromatic heterocycles. The van der Waals surface area contributed by atoms with E-state index in [2.05, 4.69) is 16.0 Å². The first-order valence-electron chi connectivity index (χ1n) is 6.67. The quantitative estimate of drug-likeness (QED) is 0.741. The zero-order chi connectivity index (χ0) is 16.4. The number of halogens is 2. The van der Waals surface area contributed by atoms with Crippen molar-refractivity contribution in [3.8, 4) is 28.5 Å². The number of anilines is 1. The highest BCUT2D eigenvalue weighted by Gasteiger charge is 2.17. The van der Waals surface area contributed by atoms with Gasteiger partial charge in [-0.3, -0.25) is 4.98 Å². The second-order valence-electron chi connectivity index (χ2n) is 4.76. The van der Waals surface area contributed by atoms with Crippen LogP contribution >= 0.6 is 23.2 Å². The number of hydrogen-bond acceptors (Lipinski definition) is 4. The Morgan fingerprint density at radius 1 is 1.04 bits per heavy atom. The molecule has 6 heteroatoms. The first kappa shape index (κ1) is 15.3. The lowest BCUT2D eigenvalue weighted by Crippen LogP contribution is -2.00. The number of hydrogen-bond donors (Lipinski definition) is 1. The molecule has 4 nitrogen and oxygen atoms in total. The molecule has 2 heterocycles. The van der Waals surface area contributed by atoms with Gasteiger partial charge in [0.2, 0.25) is 0 Å². The molecule has 0 aliphatic heterocycles. The third-order valence-electron chi connectivity index (χ3n) is 3.37. The van der Waals surface area contributed by atoms with Crippen LogP contribution in [0.1, 0.15) is 5.56 Å².